The summed E-state index contributed by atoms with van der Waals surface area (Å²) in [6, 6.07) is 12.6. The van der Waals surface area contributed by atoms with Crippen LogP contribution in [-0.4, -0.2) is 60.7 Å². The SMILES string of the molecule is CN(C[C@H](O)CNC(C)(C)CCCc1ccccc1)S(=O)(=O)c1cc(CCCC(=O)O)cc(C(F)(F)F)c1. The quantitative estimate of drug-likeness (QED) is 0.298. The number of aliphatic carboxylic acids is 1. The fraction of sp³-hybridized carbons (Fsp3) is 0.519. The summed E-state index contributed by atoms with van der Waals surface area (Å²) in [7, 11) is -3.15. The molecule has 2 aromatic rings. The number of hydrogen-bond donors (Lipinski definition) is 3. The zero-order chi connectivity index (χ0) is 28.6. The summed E-state index contributed by atoms with van der Waals surface area (Å²) in [6.07, 6.45) is -3.43. The molecule has 0 fully saturated rings. The van der Waals surface area contributed by atoms with Crippen molar-refractivity contribution in [2.24, 2.45) is 0 Å². The third-order valence-electron chi connectivity index (χ3n) is 6.25. The van der Waals surface area contributed by atoms with E-state index in [2.05, 4.69) is 17.4 Å². The van der Waals surface area contributed by atoms with Gasteiger partial charge in [-0.3, -0.25) is 4.79 Å². The van der Waals surface area contributed by atoms with Crippen LogP contribution in [0.2, 0.25) is 0 Å². The molecule has 0 bridgehead atoms. The van der Waals surface area contributed by atoms with E-state index in [1.165, 1.54) is 12.6 Å². The number of hydrogen-bond acceptors (Lipinski definition) is 5. The van der Waals surface area contributed by atoms with Crippen LogP contribution in [0.25, 0.3) is 0 Å². The van der Waals surface area contributed by atoms with Crippen LogP contribution in [0.4, 0.5) is 13.2 Å². The van der Waals surface area contributed by atoms with Gasteiger partial charge in [-0.1, -0.05) is 30.3 Å². The molecule has 0 saturated heterocycles. The molecule has 212 valence electrons. The number of aryl methyl sites for hydroxylation is 2. The fourth-order valence-corrected chi connectivity index (χ4v) is 5.37. The Bertz CT molecular complexity index is 1160. The summed E-state index contributed by atoms with van der Waals surface area (Å²) >= 11 is 0. The summed E-state index contributed by atoms with van der Waals surface area (Å²) in [4.78, 5) is 10.2. The zero-order valence-electron chi connectivity index (χ0n) is 22.0. The molecule has 0 amide bonds. The Labute approximate surface area is 222 Å². The Morgan fingerprint density at radius 1 is 1.03 bits per heavy atom. The molecule has 0 unspecified atom stereocenters. The maximum atomic E-state index is 13.4. The van der Waals surface area contributed by atoms with Crippen molar-refractivity contribution in [1.82, 2.24) is 9.62 Å². The zero-order valence-corrected chi connectivity index (χ0v) is 22.8. The predicted octanol–water partition coefficient (Wildman–Crippen LogP) is 4.49. The smallest absolute Gasteiger partial charge is 0.416 e. The molecule has 11 heteroatoms. The average Bonchev–Trinajstić information content (AvgIpc) is 2.82. The number of carboxylic acids is 1. The number of nitrogens with one attached hydrogen (secondary N) is 1. The van der Waals surface area contributed by atoms with Crippen molar-refractivity contribution in [2.45, 2.75) is 75.1 Å². The maximum Gasteiger partial charge on any atom is 0.416 e. The Kier molecular flexibility index (Phi) is 11.3. The van der Waals surface area contributed by atoms with Crippen LogP contribution in [0.1, 0.15) is 56.2 Å². The Balaban J connectivity index is 2.01. The van der Waals surface area contributed by atoms with Crippen molar-refractivity contribution in [2.75, 3.05) is 20.1 Å². The largest absolute Gasteiger partial charge is 0.481 e. The second-order valence-corrected chi connectivity index (χ2v) is 12.2. The highest BCUT2D eigenvalue weighted by molar-refractivity contribution is 7.89. The maximum absolute atomic E-state index is 13.4. The highest BCUT2D eigenvalue weighted by Crippen LogP contribution is 2.33. The lowest BCUT2D eigenvalue weighted by Gasteiger charge is -2.29. The van der Waals surface area contributed by atoms with Crippen LogP contribution in [0.3, 0.4) is 0 Å². The highest BCUT2D eigenvalue weighted by atomic mass is 32.2. The fourth-order valence-electron chi connectivity index (χ4n) is 4.06. The van der Waals surface area contributed by atoms with Gasteiger partial charge in [0, 0.05) is 32.1 Å². The number of carboxylic acid groups (broad SMARTS) is 1. The number of rotatable bonds is 15. The average molecular weight is 559 g/mol. The minimum atomic E-state index is -4.78. The number of nitrogens with zero attached hydrogens (tertiary/aromatic N) is 1. The molecular formula is C27H37F3N2O5S. The van der Waals surface area contributed by atoms with Crippen molar-refractivity contribution in [3.8, 4) is 0 Å². The van der Waals surface area contributed by atoms with E-state index in [1.807, 2.05) is 32.0 Å². The number of carbonyl (C=O) groups is 1. The third kappa shape index (κ3) is 10.4. The van der Waals surface area contributed by atoms with Crippen molar-refractivity contribution in [3.05, 3.63) is 65.2 Å². The number of aliphatic hydroxyl groups excluding tert-OH is 1. The van der Waals surface area contributed by atoms with Crippen molar-refractivity contribution >= 4 is 16.0 Å². The van der Waals surface area contributed by atoms with Crippen LogP contribution in [0.5, 0.6) is 0 Å². The Hall–Kier alpha value is -2.47. The van der Waals surface area contributed by atoms with Crippen molar-refractivity contribution in [1.29, 1.82) is 0 Å². The molecule has 0 aliphatic heterocycles. The Morgan fingerprint density at radius 2 is 1.66 bits per heavy atom. The summed E-state index contributed by atoms with van der Waals surface area (Å²) in [5, 5.41) is 22.5. The number of aliphatic hydroxyl groups is 1. The van der Waals surface area contributed by atoms with E-state index in [0.29, 0.717) is 6.07 Å². The molecule has 0 aliphatic carbocycles. The van der Waals surface area contributed by atoms with Crippen molar-refractivity contribution < 1.29 is 36.6 Å². The first kappa shape index (κ1) is 31.7. The molecule has 0 aliphatic rings. The first-order chi connectivity index (χ1) is 17.6. The summed E-state index contributed by atoms with van der Waals surface area (Å²) in [5.41, 5.74) is -0.141. The molecule has 0 radical (unpaired) electrons. The first-order valence-corrected chi connectivity index (χ1v) is 13.9. The molecule has 38 heavy (non-hydrogen) atoms. The van der Waals surface area contributed by atoms with Crippen LogP contribution in [-0.2, 0) is 33.8 Å². The summed E-state index contributed by atoms with van der Waals surface area (Å²) in [5.74, 6) is -1.09. The third-order valence-corrected chi connectivity index (χ3v) is 8.05. The van der Waals surface area contributed by atoms with Gasteiger partial charge < -0.3 is 15.5 Å². The minimum Gasteiger partial charge on any atom is -0.481 e. The van der Waals surface area contributed by atoms with Gasteiger partial charge in [-0.05, 0) is 75.3 Å². The van der Waals surface area contributed by atoms with Crippen LogP contribution in [0, 0.1) is 0 Å². The number of sulfonamides is 1. The number of halogens is 3. The van der Waals surface area contributed by atoms with Crippen LogP contribution in [0.15, 0.2) is 53.4 Å². The van der Waals surface area contributed by atoms with E-state index in [-0.39, 0.29) is 43.5 Å². The summed E-state index contributed by atoms with van der Waals surface area (Å²) in [6.45, 7) is 3.75. The molecule has 0 saturated carbocycles. The van der Waals surface area contributed by atoms with E-state index in [4.69, 9.17) is 5.11 Å². The van der Waals surface area contributed by atoms with E-state index in [1.54, 1.807) is 0 Å². The highest BCUT2D eigenvalue weighted by Gasteiger charge is 2.34. The van der Waals surface area contributed by atoms with Gasteiger partial charge in [-0.15, -0.1) is 0 Å². The van der Waals surface area contributed by atoms with E-state index >= 15 is 0 Å². The minimum absolute atomic E-state index is 0.0195. The van der Waals surface area contributed by atoms with E-state index in [9.17, 15) is 31.5 Å². The van der Waals surface area contributed by atoms with Crippen LogP contribution < -0.4 is 5.32 Å². The van der Waals surface area contributed by atoms with Gasteiger partial charge in [0.25, 0.3) is 0 Å². The topological polar surface area (TPSA) is 107 Å². The van der Waals surface area contributed by atoms with Gasteiger partial charge >= 0.3 is 12.1 Å². The van der Waals surface area contributed by atoms with Gasteiger partial charge in [0.05, 0.1) is 16.6 Å². The number of benzene rings is 2. The van der Waals surface area contributed by atoms with Gasteiger partial charge in [-0.2, -0.15) is 17.5 Å². The number of β-amino-alcohol motifs (C(OH)–C–C–N with tert-alkyl or cyclic N) is 1. The van der Waals surface area contributed by atoms with E-state index < -0.39 is 38.7 Å². The molecule has 1 atom stereocenters. The second-order valence-electron chi connectivity index (χ2n) is 10.2. The Morgan fingerprint density at radius 3 is 2.26 bits per heavy atom. The van der Waals surface area contributed by atoms with Gasteiger partial charge in [0.1, 0.15) is 0 Å². The normalized spacial score (nSPS) is 13.6. The molecule has 7 nitrogen and oxygen atoms in total. The molecule has 3 N–H and O–H groups in total. The standard InChI is InChI=1S/C27H37F3N2O5S/c1-26(2,14-8-12-20-9-5-4-6-10-20)31-18-23(33)19-32(3)38(36,37)24-16-21(11-7-13-25(34)35)15-22(17-24)27(28,29)30/h4-6,9-10,15-17,23,31,33H,7-8,11-14,18-19H2,1-3H3,(H,34,35)/t23-/m1/s1. The van der Waals surface area contributed by atoms with Crippen LogP contribution >= 0.6 is 0 Å². The lowest BCUT2D eigenvalue weighted by molar-refractivity contribution is -0.138. The predicted molar refractivity (Wildman–Crippen MR) is 139 cm³/mol. The molecule has 0 spiro atoms. The lowest BCUT2D eigenvalue weighted by Crippen LogP contribution is -2.46. The monoisotopic (exact) mass is 558 g/mol. The van der Waals surface area contributed by atoms with Crippen molar-refractivity contribution in [3.63, 3.8) is 0 Å². The van der Waals surface area contributed by atoms with Gasteiger partial charge in [0.2, 0.25) is 10.0 Å². The van der Waals surface area contributed by atoms with Gasteiger partial charge in [-0.25, -0.2) is 8.42 Å². The second kappa shape index (κ2) is 13.5. The molecule has 2 rings (SSSR count). The van der Waals surface area contributed by atoms with Gasteiger partial charge in [0.15, 0.2) is 0 Å². The number of likely N-dealkylation sites (N-methyl/N-ethyl adjacent to an activating group) is 1. The lowest BCUT2D eigenvalue weighted by atomic mass is 9.95. The summed E-state index contributed by atoms with van der Waals surface area (Å²) < 4.78 is 67.3. The molecule has 2 aromatic carbocycles. The van der Waals surface area contributed by atoms with E-state index in [0.717, 1.165) is 35.7 Å². The first-order valence-electron chi connectivity index (χ1n) is 12.5. The number of alkyl halides is 3. The molecule has 0 heterocycles. The molecule has 0 aromatic heterocycles. The molecular weight excluding hydrogens is 521 g/mol.